The van der Waals surface area contributed by atoms with E-state index in [1.807, 2.05) is 112 Å². The van der Waals surface area contributed by atoms with Gasteiger partial charge in [0, 0.05) is 21.8 Å². The van der Waals surface area contributed by atoms with Crippen LogP contribution in [0.3, 0.4) is 0 Å². The molecule has 1 aliphatic rings. The maximum Gasteiger partial charge on any atom is 0.145 e. The number of fused-ring (bicyclic) bond motifs is 3. The molecule has 0 aliphatic heterocycles. The molecule has 0 spiro atoms. The molecule has 0 N–H and O–H groups in total. The second-order valence-corrected chi connectivity index (χ2v) is 27.8. The van der Waals surface area contributed by atoms with Crippen LogP contribution in [-0.2, 0) is 32.7 Å². The fraction of sp³-hybridized carbons (Fsp3) is 0.250. The number of benzene rings is 10. The zero-order valence-corrected chi connectivity index (χ0v) is 54.8. The summed E-state index contributed by atoms with van der Waals surface area (Å²) in [5.74, 6) is 3.65. The molecular weight excluding hydrogens is 1110 g/mol. The molecule has 10 aromatic rings. The van der Waals surface area contributed by atoms with E-state index in [4.69, 9.17) is 18.9 Å². The number of nitriles is 3. The van der Waals surface area contributed by atoms with E-state index in [0.717, 1.165) is 44.7 Å². The number of rotatable bonds is 17. The number of hydrogen-bond donors (Lipinski definition) is 0. The Bertz CT molecular complexity index is 4460. The van der Waals surface area contributed by atoms with Crippen molar-refractivity contribution in [2.75, 3.05) is 0 Å². The fourth-order valence-electron chi connectivity index (χ4n) is 13.4. The van der Waals surface area contributed by atoms with E-state index in [1.165, 1.54) is 33.4 Å². The van der Waals surface area contributed by atoms with Gasteiger partial charge in [-0.25, -0.2) is 0 Å². The van der Waals surface area contributed by atoms with Gasteiger partial charge in [-0.1, -0.05) is 226 Å². The lowest BCUT2D eigenvalue weighted by Crippen LogP contribution is -2.48. The Labute approximate surface area is 538 Å². The van der Waals surface area contributed by atoms with Crippen LogP contribution in [0.25, 0.3) is 11.1 Å². The highest BCUT2D eigenvalue weighted by atomic mass is 16.5. The van der Waals surface area contributed by atoms with Crippen molar-refractivity contribution in [3.63, 3.8) is 0 Å². The van der Waals surface area contributed by atoms with Crippen LogP contribution in [0.4, 0.5) is 0 Å². The minimum atomic E-state index is -0.944. The summed E-state index contributed by atoms with van der Waals surface area (Å²) in [5, 5.41) is 31.2. The van der Waals surface area contributed by atoms with Crippen LogP contribution in [0, 0.1) is 40.9 Å². The summed E-state index contributed by atoms with van der Waals surface area (Å²) in [6.45, 7) is 29.7. The Balaban J connectivity index is 0.802. The topological polar surface area (TPSA) is 108 Å². The van der Waals surface area contributed by atoms with Crippen molar-refractivity contribution in [1.82, 2.24) is 0 Å². The SMILES string of the molecule is Cc1cccc(C(C)(C)C(C)(C)Oc2ccc(C(C)(C)c3cccc(C(C)(C)c4ccc(Oc5cccc(C(C)(C)Oc6ccc(C7(c8ccc(Oc9cccc(C(C)(C)C)c9C#N)cc8)c8ccccc8-c8ccccc87)cc6)c5C#N)cc4)c3)cc2)c1C#N. The molecule has 454 valence electrons. The summed E-state index contributed by atoms with van der Waals surface area (Å²) in [6, 6.07) is 84.2. The molecule has 1 aliphatic carbocycles. The number of nitrogens with zero attached hydrogens (tertiary/aromatic N) is 3. The molecular formula is C84H79N3O4. The molecule has 0 fully saturated rings. The van der Waals surface area contributed by atoms with E-state index in [0.29, 0.717) is 51.0 Å². The van der Waals surface area contributed by atoms with Crippen molar-refractivity contribution in [3.05, 3.63) is 308 Å². The van der Waals surface area contributed by atoms with Gasteiger partial charge in [-0.15, -0.1) is 0 Å². The quantitative estimate of drug-likeness (QED) is 0.0893. The first-order chi connectivity index (χ1) is 43.3. The van der Waals surface area contributed by atoms with E-state index < -0.39 is 22.0 Å². The molecule has 0 saturated carbocycles. The second kappa shape index (κ2) is 23.7. The van der Waals surface area contributed by atoms with Gasteiger partial charge in [0.1, 0.15) is 63.4 Å². The highest BCUT2D eigenvalue weighted by Crippen LogP contribution is 2.57. The molecule has 7 heteroatoms. The van der Waals surface area contributed by atoms with Gasteiger partial charge in [0.25, 0.3) is 0 Å². The molecule has 91 heavy (non-hydrogen) atoms. The normalized spacial score (nSPS) is 13.0. The largest absolute Gasteiger partial charge is 0.487 e. The van der Waals surface area contributed by atoms with Crippen LogP contribution in [0.1, 0.15) is 173 Å². The van der Waals surface area contributed by atoms with Gasteiger partial charge in [0.05, 0.1) is 22.6 Å². The summed E-state index contributed by atoms with van der Waals surface area (Å²) in [5.41, 5.74) is 13.1. The van der Waals surface area contributed by atoms with Crippen molar-refractivity contribution in [1.29, 1.82) is 15.8 Å². The third-order valence-corrected chi connectivity index (χ3v) is 19.5. The van der Waals surface area contributed by atoms with Crippen molar-refractivity contribution in [2.24, 2.45) is 0 Å². The van der Waals surface area contributed by atoms with Crippen molar-refractivity contribution in [2.45, 2.75) is 135 Å². The highest BCUT2D eigenvalue weighted by molar-refractivity contribution is 5.86. The summed E-state index contributed by atoms with van der Waals surface area (Å²) in [7, 11) is 0. The van der Waals surface area contributed by atoms with Crippen LogP contribution in [-0.4, -0.2) is 5.60 Å². The van der Waals surface area contributed by atoms with Crippen molar-refractivity contribution < 1.29 is 18.9 Å². The standard InChI is InChI=1S/C84H79N3O4/c1-55-23-19-31-72(68(55)52-85)81(9,10)83(13,14)91-65-47-37-57(38-48-65)80(7,8)61-25-20-24-60(51-61)79(5,6)56-35-43-62(44-36-56)89-77-34-22-32-73(70(77)54-87)82(11,12)90-64-49-41-59(42-50-64)84(74-28-17-15-26-66(74)67-27-16-18-29-75(67)84)58-39-45-63(46-40-58)88-76-33-21-30-71(69(76)53-86)78(2,3)4/h15-51H,1-14H3. The second-order valence-electron chi connectivity index (χ2n) is 27.8. The Kier molecular flexibility index (Phi) is 16.3. The van der Waals surface area contributed by atoms with Crippen LogP contribution < -0.4 is 18.9 Å². The lowest BCUT2D eigenvalue weighted by atomic mass is 9.67. The molecule has 0 amide bonds. The molecule has 0 saturated heterocycles. The molecule has 7 nitrogen and oxygen atoms in total. The van der Waals surface area contributed by atoms with E-state index in [2.05, 4.69) is 228 Å². The monoisotopic (exact) mass is 1190 g/mol. The Morgan fingerprint density at radius 2 is 0.747 bits per heavy atom. The Hall–Kier alpha value is -10.1. The Morgan fingerprint density at radius 3 is 1.23 bits per heavy atom. The molecule has 0 atom stereocenters. The predicted molar refractivity (Wildman–Crippen MR) is 366 cm³/mol. The van der Waals surface area contributed by atoms with Crippen LogP contribution in [0.2, 0.25) is 0 Å². The highest BCUT2D eigenvalue weighted by Gasteiger charge is 2.47. The number of ether oxygens (including phenoxy) is 4. The summed E-state index contributed by atoms with van der Waals surface area (Å²) in [6.07, 6.45) is 0. The van der Waals surface area contributed by atoms with E-state index in [1.54, 1.807) is 0 Å². The van der Waals surface area contributed by atoms with Crippen molar-refractivity contribution >= 4 is 0 Å². The lowest BCUT2D eigenvalue weighted by molar-refractivity contribution is 0.0356. The minimum Gasteiger partial charge on any atom is -0.487 e. The maximum absolute atomic E-state index is 10.9. The van der Waals surface area contributed by atoms with E-state index in [9.17, 15) is 15.8 Å². The summed E-state index contributed by atoms with van der Waals surface area (Å²) in [4.78, 5) is 0. The van der Waals surface area contributed by atoms with Gasteiger partial charge in [-0.3, -0.25) is 0 Å². The van der Waals surface area contributed by atoms with Gasteiger partial charge in [-0.05, 0) is 173 Å². The fourth-order valence-corrected chi connectivity index (χ4v) is 13.4. The zero-order valence-electron chi connectivity index (χ0n) is 54.8. The van der Waals surface area contributed by atoms with E-state index in [-0.39, 0.29) is 16.2 Å². The van der Waals surface area contributed by atoms with E-state index >= 15 is 0 Å². The molecule has 0 radical (unpaired) electrons. The van der Waals surface area contributed by atoms with Gasteiger partial charge < -0.3 is 18.9 Å². The predicted octanol–water partition coefficient (Wildman–Crippen LogP) is 21.0. The summed E-state index contributed by atoms with van der Waals surface area (Å²) >= 11 is 0. The lowest BCUT2D eigenvalue weighted by Gasteiger charge is -2.42. The first-order valence-corrected chi connectivity index (χ1v) is 31.3. The van der Waals surface area contributed by atoms with Gasteiger partial charge >= 0.3 is 0 Å². The molecule has 10 aromatic carbocycles. The molecule has 0 bridgehead atoms. The first-order valence-electron chi connectivity index (χ1n) is 31.3. The van der Waals surface area contributed by atoms with Crippen LogP contribution in [0.5, 0.6) is 34.5 Å². The number of aryl methyl sites for hydroxylation is 1. The Morgan fingerprint density at radius 1 is 0.352 bits per heavy atom. The minimum absolute atomic E-state index is 0.229. The summed E-state index contributed by atoms with van der Waals surface area (Å²) < 4.78 is 26.7. The molecule has 0 unspecified atom stereocenters. The maximum atomic E-state index is 10.9. The first kappa shape index (κ1) is 62.5. The van der Waals surface area contributed by atoms with Gasteiger partial charge in [-0.2, -0.15) is 15.8 Å². The van der Waals surface area contributed by atoms with Crippen LogP contribution >= 0.6 is 0 Å². The average Bonchev–Trinajstić information content (AvgIpc) is 1.56. The van der Waals surface area contributed by atoms with Gasteiger partial charge in [0.15, 0.2) is 0 Å². The van der Waals surface area contributed by atoms with Crippen LogP contribution in [0.15, 0.2) is 224 Å². The average molecular weight is 1190 g/mol. The smallest absolute Gasteiger partial charge is 0.145 e. The molecule has 0 aromatic heterocycles. The third kappa shape index (κ3) is 11.3. The zero-order chi connectivity index (χ0) is 64.9. The van der Waals surface area contributed by atoms with Gasteiger partial charge in [0.2, 0.25) is 0 Å². The third-order valence-electron chi connectivity index (χ3n) is 19.5. The molecule has 0 heterocycles. The molecule has 11 rings (SSSR count). The number of hydrogen-bond acceptors (Lipinski definition) is 7. The van der Waals surface area contributed by atoms with Crippen molar-refractivity contribution in [3.8, 4) is 63.8 Å².